The first kappa shape index (κ1) is 12.1. The molecule has 17 heavy (non-hydrogen) atoms. The lowest BCUT2D eigenvalue weighted by Gasteiger charge is -2.10. The van der Waals surface area contributed by atoms with E-state index in [9.17, 15) is 0 Å². The zero-order valence-corrected chi connectivity index (χ0v) is 11.0. The maximum absolute atomic E-state index is 5.91. The van der Waals surface area contributed by atoms with E-state index >= 15 is 0 Å². The van der Waals surface area contributed by atoms with Crippen molar-refractivity contribution in [1.82, 2.24) is 10.2 Å². The van der Waals surface area contributed by atoms with Gasteiger partial charge in [-0.05, 0) is 43.2 Å². The molecule has 0 atom stereocenters. The largest absolute Gasteiger partial charge is 0.338 e. The number of hydrogen-bond acceptors (Lipinski definition) is 3. The highest BCUT2D eigenvalue weighted by Gasteiger charge is 2.08. The van der Waals surface area contributed by atoms with Gasteiger partial charge in [-0.25, -0.2) is 0 Å². The van der Waals surface area contributed by atoms with Crippen LogP contribution in [0.3, 0.4) is 0 Å². The molecule has 3 nitrogen and oxygen atoms in total. The van der Waals surface area contributed by atoms with Crippen molar-refractivity contribution in [3.63, 3.8) is 0 Å². The summed E-state index contributed by atoms with van der Waals surface area (Å²) < 4.78 is 0. The number of benzene rings is 1. The zero-order chi connectivity index (χ0) is 12.4. The molecular formula is C12H11Cl2N3. The minimum Gasteiger partial charge on any atom is -0.338 e. The lowest BCUT2D eigenvalue weighted by molar-refractivity contribution is 1.00. The van der Waals surface area contributed by atoms with Crippen molar-refractivity contribution in [2.24, 2.45) is 0 Å². The number of nitrogens with zero attached hydrogens (tertiary/aromatic N) is 2. The fourth-order valence-electron chi connectivity index (χ4n) is 1.40. The lowest BCUT2D eigenvalue weighted by Crippen LogP contribution is -2.01. The van der Waals surface area contributed by atoms with Crippen molar-refractivity contribution >= 4 is 34.7 Å². The highest BCUT2D eigenvalue weighted by molar-refractivity contribution is 6.31. The van der Waals surface area contributed by atoms with Crippen molar-refractivity contribution in [3.8, 4) is 0 Å². The number of aromatic nitrogens is 2. The third kappa shape index (κ3) is 2.68. The van der Waals surface area contributed by atoms with E-state index in [2.05, 4.69) is 15.5 Å². The Bertz CT molecular complexity index is 555. The van der Waals surface area contributed by atoms with E-state index in [0.717, 1.165) is 16.8 Å². The molecule has 0 unspecified atom stereocenters. The van der Waals surface area contributed by atoms with E-state index in [0.29, 0.717) is 16.0 Å². The predicted octanol–water partition coefficient (Wildman–Crippen LogP) is 4.14. The fraction of sp³-hybridized carbons (Fsp3) is 0.167. The Morgan fingerprint density at radius 2 is 1.82 bits per heavy atom. The van der Waals surface area contributed by atoms with E-state index in [1.54, 1.807) is 0 Å². The summed E-state index contributed by atoms with van der Waals surface area (Å²) in [5.41, 5.74) is 2.77. The molecule has 0 radical (unpaired) electrons. The van der Waals surface area contributed by atoms with E-state index < -0.39 is 0 Å². The summed E-state index contributed by atoms with van der Waals surface area (Å²) in [5.74, 6) is 0.689. The van der Waals surface area contributed by atoms with Gasteiger partial charge in [0.1, 0.15) is 0 Å². The number of rotatable bonds is 2. The van der Waals surface area contributed by atoms with Crippen LogP contribution in [0.25, 0.3) is 0 Å². The van der Waals surface area contributed by atoms with Gasteiger partial charge >= 0.3 is 0 Å². The first-order chi connectivity index (χ1) is 8.08. The van der Waals surface area contributed by atoms with Crippen LogP contribution < -0.4 is 5.32 Å². The normalized spacial score (nSPS) is 10.4. The first-order valence-electron chi connectivity index (χ1n) is 5.10. The molecule has 1 aromatic carbocycles. The van der Waals surface area contributed by atoms with Crippen LogP contribution in [0, 0.1) is 13.8 Å². The van der Waals surface area contributed by atoms with Crippen molar-refractivity contribution in [2.45, 2.75) is 13.8 Å². The highest BCUT2D eigenvalue weighted by Crippen LogP contribution is 2.24. The molecular weight excluding hydrogens is 257 g/mol. The summed E-state index contributed by atoms with van der Waals surface area (Å²) in [6.07, 6.45) is 0. The number of hydrogen-bond donors (Lipinski definition) is 1. The van der Waals surface area contributed by atoms with E-state index in [1.807, 2.05) is 38.1 Å². The molecule has 0 aliphatic carbocycles. The summed E-state index contributed by atoms with van der Waals surface area (Å²) in [4.78, 5) is 0. The van der Waals surface area contributed by atoms with Crippen LogP contribution in [0.1, 0.15) is 11.1 Å². The molecule has 0 aliphatic heterocycles. The van der Waals surface area contributed by atoms with Crippen LogP contribution in [-0.4, -0.2) is 10.2 Å². The monoisotopic (exact) mass is 267 g/mol. The maximum Gasteiger partial charge on any atom is 0.156 e. The van der Waals surface area contributed by atoms with Crippen LogP contribution in [0.4, 0.5) is 11.5 Å². The average Bonchev–Trinajstić information content (AvgIpc) is 2.30. The Morgan fingerprint density at radius 3 is 2.53 bits per heavy atom. The minimum atomic E-state index is 0.430. The van der Waals surface area contributed by atoms with Crippen molar-refractivity contribution in [3.05, 3.63) is 45.6 Å². The molecule has 1 heterocycles. The van der Waals surface area contributed by atoms with Crippen molar-refractivity contribution < 1.29 is 0 Å². The molecule has 0 bridgehead atoms. The lowest BCUT2D eigenvalue weighted by atomic mass is 10.2. The smallest absolute Gasteiger partial charge is 0.156 e. The van der Waals surface area contributed by atoms with E-state index in [-0.39, 0.29) is 0 Å². The molecule has 1 aromatic heterocycles. The number of halogens is 2. The van der Waals surface area contributed by atoms with Crippen LogP contribution in [0.2, 0.25) is 10.2 Å². The minimum absolute atomic E-state index is 0.430. The second kappa shape index (κ2) is 4.90. The molecule has 1 N–H and O–H groups in total. The molecule has 0 saturated heterocycles. The zero-order valence-electron chi connectivity index (χ0n) is 9.46. The summed E-state index contributed by atoms with van der Waals surface area (Å²) in [6.45, 7) is 3.86. The molecule has 88 valence electrons. The molecule has 0 spiro atoms. The summed E-state index contributed by atoms with van der Waals surface area (Å²) in [6, 6.07) is 7.43. The maximum atomic E-state index is 5.91. The predicted molar refractivity (Wildman–Crippen MR) is 71.3 cm³/mol. The Kier molecular flexibility index (Phi) is 3.50. The van der Waals surface area contributed by atoms with Gasteiger partial charge in [-0.2, -0.15) is 0 Å². The van der Waals surface area contributed by atoms with Gasteiger partial charge in [-0.1, -0.05) is 29.3 Å². The van der Waals surface area contributed by atoms with Crippen LogP contribution in [0.5, 0.6) is 0 Å². The average molecular weight is 268 g/mol. The van der Waals surface area contributed by atoms with Gasteiger partial charge in [0.25, 0.3) is 0 Å². The van der Waals surface area contributed by atoms with Crippen LogP contribution >= 0.6 is 23.2 Å². The summed E-state index contributed by atoms with van der Waals surface area (Å²) in [5, 5.41) is 12.2. The van der Waals surface area contributed by atoms with Gasteiger partial charge in [0.15, 0.2) is 11.0 Å². The third-order valence-electron chi connectivity index (χ3n) is 2.55. The van der Waals surface area contributed by atoms with Crippen LogP contribution in [0.15, 0.2) is 24.3 Å². The molecule has 0 aliphatic rings. The fourth-order valence-corrected chi connectivity index (χ4v) is 1.77. The molecule has 2 rings (SSSR count). The van der Waals surface area contributed by atoms with Crippen molar-refractivity contribution in [2.75, 3.05) is 5.32 Å². The number of nitrogens with one attached hydrogen (secondary N) is 1. The topological polar surface area (TPSA) is 37.8 Å². The number of anilines is 2. The van der Waals surface area contributed by atoms with E-state index in [1.165, 1.54) is 0 Å². The molecule has 0 amide bonds. The Hall–Kier alpha value is -1.32. The second-order valence-corrected chi connectivity index (χ2v) is 4.52. The van der Waals surface area contributed by atoms with Crippen molar-refractivity contribution in [1.29, 1.82) is 0 Å². The van der Waals surface area contributed by atoms with Gasteiger partial charge in [-0.3, -0.25) is 0 Å². The van der Waals surface area contributed by atoms with Gasteiger partial charge in [0.2, 0.25) is 0 Å². The van der Waals surface area contributed by atoms with Gasteiger partial charge in [-0.15, -0.1) is 10.2 Å². The Balaban J connectivity index is 2.34. The molecule has 0 fully saturated rings. The van der Waals surface area contributed by atoms with Gasteiger partial charge in [0, 0.05) is 10.7 Å². The Morgan fingerprint density at radius 1 is 1.06 bits per heavy atom. The quantitative estimate of drug-likeness (QED) is 0.889. The highest BCUT2D eigenvalue weighted by atomic mass is 35.5. The van der Waals surface area contributed by atoms with Gasteiger partial charge in [0.05, 0.1) is 0 Å². The molecule has 0 saturated carbocycles. The van der Waals surface area contributed by atoms with Crippen LogP contribution in [-0.2, 0) is 0 Å². The van der Waals surface area contributed by atoms with E-state index in [4.69, 9.17) is 23.2 Å². The van der Waals surface area contributed by atoms with Gasteiger partial charge < -0.3 is 5.32 Å². The standard InChI is InChI=1S/C12H11Cl2N3/c1-7-8(2)12(17-16-11(7)14)15-10-5-3-4-9(13)6-10/h3-6H,1-2H3,(H,15,17). The summed E-state index contributed by atoms with van der Waals surface area (Å²) in [7, 11) is 0. The third-order valence-corrected chi connectivity index (χ3v) is 3.15. The molecule has 2 aromatic rings. The SMILES string of the molecule is Cc1c(Cl)nnc(Nc2cccc(Cl)c2)c1C. The second-order valence-electron chi connectivity index (χ2n) is 3.72. The summed E-state index contributed by atoms with van der Waals surface area (Å²) >= 11 is 11.8. The molecule has 5 heteroatoms. The first-order valence-corrected chi connectivity index (χ1v) is 5.85. The Labute approximate surface area is 110 Å².